The quantitative estimate of drug-likeness (QED) is 0.267. The predicted molar refractivity (Wildman–Crippen MR) is 101 cm³/mol. The summed E-state index contributed by atoms with van der Waals surface area (Å²) in [6, 6.07) is 0. The van der Waals surface area contributed by atoms with Crippen LogP contribution in [0.5, 0.6) is 0 Å². The molecule has 0 aromatic rings. The molecule has 0 saturated heterocycles. The summed E-state index contributed by atoms with van der Waals surface area (Å²) in [5.74, 6) is -0.131. The van der Waals surface area contributed by atoms with Crippen LogP contribution in [0.2, 0.25) is 0 Å². The number of carboxylic acids is 1. The van der Waals surface area contributed by atoms with E-state index < -0.39 is 5.97 Å². The molecule has 0 saturated carbocycles. The fraction of sp³-hybridized carbons (Fsp3) is 0.762. The minimum atomic E-state index is -0.604. The van der Waals surface area contributed by atoms with Gasteiger partial charge in [-0.25, -0.2) is 0 Å². The van der Waals surface area contributed by atoms with Gasteiger partial charge in [0.1, 0.15) is 0 Å². The Labute approximate surface area is 144 Å². The average Bonchev–Trinajstić information content (AvgIpc) is 2.48. The van der Waals surface area contributed by atoms with E-state index in [9.17, 15) is 9.90 Å². The second-order valence-electron chi connectivity index (χ2n) is 7.21. The second kappa shape index (κ2) is 14.5. The zero-order chi connectivity index (χ0) is 17.5. The van der Waals surface area contributed by atoms with Crippen molar-refractivity contribution in [2.24, 2.45) is 11.8 Å². The Morgan fingerprint density at radius 3 is 2.22 bits per heavy atom. The monoisotopic (exact) mass is 322 g/mol. The molecule has 0 bridgehead atoms. The van der Waals surface area contributed by atoms with Crippen molar-refractivity contribution in [2.75, 3.05) is 0 Å². The Hall–Kier alpha value is -1.05. The number of carbonyl (C=O) groups is 1. The molecule has 0 radical (unpaired) electrons. The smallest absolute Gasteiger partial charge is 0.306 e. The van der Waals surface area contributed by atoms with Gasteiger partial charge in [0.05, 0.1) is 5.92 Å². The van der Waals surface area contributed by atoms with E-state index >= 15 is 0 Å². The molecular weight excluding hydrogens is 284 g/mol. The fourth-order valence-electron chi connectivity index (χ4n) is 2.89. The molecule has 0 fully saturated rings. The van der Waals surface area contributed by atoms with Crippen LogP contribution in [0.1, 0.15) is 91.4 Å². The number of unbranched alkanes of at least 4 members (excludes halogenated alkanes) is 5. The normalized spacial score (nSPS) is 13.3. The van der Waals surface area contributed by atoms with Crippen LogP contribution in [0.25, 0.3) is 0 Å². The van der Waals surface area contributed by atoms with Gasteiger partial charge in [0.2, 0.25) is 0 Å². The zero-order valence-electron chi connectivity index (χ0n) is 15.7. The number of aliphatic carboxylic acids is 1. The van der Waals surface area contributed by atoms with Crippen LogP contribution < -0.4 is 0 Å². The van der Waals surface area contributed by atoms with Gasteiger partial charge in [-0.1, -0.05) is 50.3 Å². The summed E-state index contributed by atoms with van der Waals surface area (Å²) in [6.07, 6.45) is 16.2. The van der Waals surface area contributed by atoms with Crippen LogP contribution in [0.15, 0.2) is 24.3 Å². The highest BCUT2D eigenvalue weighted by molar-refractivity contribution is 5.69. The highest BCUT2D eigenvalue weighted by Crippen LogP contribution is 2.22. The minimum absolute atomic E-state index is 0.144. The topological polar surface area (TPSA) is 37.3 Å². The van der Waals surface area contributed by atoms with Crippen molar-refractivity contribution in [3.63, 3.8) is 0 Å². The number of hydrogen-bond acceptors (Lipinski definition) is 1. The molecule has 0 rings (SSSR count). The van der Waals surface area contributed by atoms with Crippen molar-refractivity contribution in [1.82, 2.24) is 0 Å². The van der Waals surface area contributed by atoms with Crippen LogP contribution in [0, 0.1) is 11.8 Å². The van der Waals surface area contributed by atoms with Crippen LogP contribution in [-0.4, -0.2) is 11.1 Å². The number of hydrogen-bond donors (Lipinski definition) is 1. The maximum Gasteiger partial charge on any atom is 0.306 e. The van der Waals surface area contributed by atoms with Crippen molar-refractivity contribution < 1.29 is 9.90 Å². The summed E-state index contributed by atoms with van der Waals surface area (Å²) >= 11 is 0. The molecular formula is C21H38O2. The number of allylic oxidation sites excluding steroid dienone is 3. The van der Waals surface area contributed by atoms with Gasteiger partial charge in [0.15, 0.2) is 0 Å². The van der Waals surface area contributed by atoms with E-state index in [4.69, 9.17) is 0 Å². The molecule has 2 atom stereocenters. The third-order valence-electron chi connectivity index (χ3n) is 4.53. The van der Waals surface area contributed by atoms with E-state index in [0.29, 0.717) is 5.92 Å². The molecule has 0 aliphatic heterocycles. The SMILES string of the molecule is C=CCCCCCCCC(CCC(C)CCC=C(C)C)C(=O)O. The molecule has 1 N–H and O–H groups in total. The zero-order valence-corrected chi connectivity index (χ0v) is 15.7. The summed E-state index contributed by atoms with van der Waals surface area (Å²) in [7, 11) is 0. The van der Waals surface area contributed by atoms with Crippen molar-refractivity contribution >= 4 is 5.97 Å². The van der Waals surface area contributed by atoms with Crippen molar-refractivity contribution in [1.29, 1.82) is 0 Å². The van der Waals surface area contributed by atoms with Gasteiger partial charge < -0.3 is 5.11 Å². The molecule has 0 amide bonds. The van der Waals surface area contributed by atoms with Crippen LogP contribution >= 0.6 is 0 Å². The largest absolute Gasteiger partial charge is 0.481 e. The third-order valence-corrected chi connectivity index (χ3v) is 4.53. The summed E-state index contributed by atoms with van der Waals surface area (Å²) in [5, 5.41) is 9.39. The Kier molecular flexibility index (Phi) is 13.9. The van der Waals surface area contributed by atoms with Gasteiger partial charge in [-0.15, -0.1) is 6.58 Å². The molecule has 0 heterocycles. The molecule has 2 heteroatoms. The first kappa shape index (κ1) is 21.9. The summed E-state index contributed by atoms with van der Waals surface area (Å²) in [4.78, 5) is 11.4. The molecule has 0 spiro atoms. The first-order valence-corrected chi connectivity index (χ1v) is 9.44. The minimum Gasteiger partial charge on any atom is -0.481 e. The van der Waals surface area contributed by atoms with Crippen LogP contribution in [0.3, 0.4) is 0 Å². The van der Waals surface area contributed by atoms with Gasteiger partial charge in [-0.05, 0) is 64.7 Å². The van der Waals surface area contributed by atoms with E-state index in [1.165, 1.54) is 31.3 Å². The first-order valence-electron chi connectivity index (χ1n) is 9.44. The summed E-state index contributed by atoms with van der Waals surface area (Å²) in [5.41, 5.74) is 1.37. The van der Waals surface area contributed by atoms with Gasteiger partial charge >= 0.3 is 5.97 Å². The van der Waals surface area contributed by atoms with E-state index in [1.807, 2.05) is 6.08 Å². The maximum absolute atomic E-state index is 11.4. The first-order chi connectivity index (χ1) is 11.0. The lowest BCUT2D eigenvalue weighted by atomic mass is 9.90. The molecule has 0 aliphatic rings. The fourth-order valence-corrected chi connectivity index (χ4v) is 2.89. The van der Waals surface area contributed by atoms with Crippen LogP contribution in [0.4, 0.5) is 0 Å². The molecule has 23 heavy (non-hydrogen) atoms. The van der Waals surface area contributed by atoms with Gasteiger partial charge in [0.25, 0.3) is 0 Å². The Bertz CT molecular complexity index is 340. The summed E-state index contributed by atoms with van der Waals surface area (Å²) < 4.78 is 0. The van der Waals surface area contributed by atoms with Gasteiger partial charge in [-0.2, -0.15) is 0 Å². The van der Waals surface area contributed by atoms with Crippen LogP contribution in [-0.2, 0) is 4.79 Å². The Balaban J connectivity index is 3.83. The number of rotatable bonds is 15. The predicted octanol–water partition coefficient (Wildman–Crippen LogP) is 6.77. The lowest BCUT2D eigenvalue weighted by molar-refractivity contribution is -0.142. The van der Waals surface area contributed by atoms with Crippen molar-refractivity contribution in [3.8, 4) is 0 Å². The highest BCUT2D eigenvalue weighted by atomic mass is 16.4. The lowest BCUT2D eigenvalue weighted by Crippen LogP contribution is -2.15. The van der Waals surface area contributed by atoms with Crippen molar-refractivity contribution in [3.05, 3.63) is 24.3 Å². The standard InChI is InChI=1S/C21H38O2/c1-5-6-7-8-9-10-11-15-20(21(22)23)17-16-19(4)14-12-13-18(2)3/h5,13,19-20H,1,6-12,14-17H2,2-4H3,(H,22,23). The van der Waals surface area contributed by atoms with E-state index in [2.05, 4.69) is 33.4 Å². The lowest BCUT2D eigenvalue weighted by Gasteiger charge is -2.15. The third kappa shape index (κ3) is 14.3. The molecule has 2 nitrogen and oxygen atoms in total. The average molecular weight is 323 g/mol. The highest BCUT2D eigenvalue weighted by Gasteiger charge is 2.17. The van der Waals surface area contributed by atoms with E-state index in [-0.39, 0.29) is 5.92 Å². The molecule has 0 aromatic carbocycles. The Morgan fingerprint density at radius 2 is 1.61 bits per heavy atom. The molecule has 2 unspecified atom stereocenters. The van der Waals surface area contributed by atoms with E-state index in [0.717, 1.165) is 44.9 Å². The second-order valence-corrected chi connectivity index (χ2v) is 7.21. The molecule has 134 valence electrons. The molecule has 0 aliphatic carbocycles. The van der Waals surface area contributed by atoms with Crippen molar-refractivity contribution in [2.45, 2.75) is 91.4 Å². The number of carboxylic acid groups (broad SMARTS) is 1. The van der Waals surface area contributed by atoms with E-state index in [1.54, 1.807) is 0 Å². The Morgan fingerprint density at radius 1 is 0.957 bits per heavy atom. The summed E-state index contributed by atoms with van der Waals surface area (Å²) in [6.45, 7) is 10.2. The van der Waals surface area contributed by atoms with Gasteiger partial charge in [-0.3, -0.25) is 4.79 Å². The maximum atomic E-state index is 11.4. The van der Waals surface area contributed by atoms with Gasteiger partial charge in [0, 0.05) is 0 Å². The molecule has 0 aromatic heterocycles.